The van der Waals surface area contributed by atoms with Crippen LogP contribution >= 0.6 is 11.3 Å². The fraction of sp³-hybridized carbons (Fsp3) is 0.412. The molecule has 1 fully saturated rings. The van der Waals surface area contributed by atoms with Gasteiger partial charge in [-0.3, -0.25) is 4.90 Å². The van der Waals surface area contributed by atoms with Crippen molar-refractivity contribution in [3.63, 3.8) is 0 Å². The number of fused-ring (bicyclic) bond motifs is 1. The van der Waals surface area contributed by atoms with Crippen LogP contribution in [0.4, 0.5) is 28.8 Å². The van der Waals surface area contributed by atoms with Gasteiger partial charge in [-0.2, -0.15) is 17.5 Å². The number of aromatic nitrogens is 1. The maximum absolute atomic E-state index is 13.0. The molecule has 30 heavy (non-hydrogen) atoms. The minimum atomic E-state index is -4.51. The molecule has 0 saturated carbocycles. The van der Waals surface area contributed by atoms with E-state index in [9.17, 15) is 31.5 Å². The van der Waals surface area contributed by atoms with Crippen molar-refractivity contribution in [2.45, 2.75) is 17.5 Å². The summed E-state index contributed by atoms with van der Waals surface area (Å²) in [6.45, 7) is 0.952. The molecule has 13 heteroatoms. The summed E-state index contributed by atoms with van der Waals surface area (Å²) in [5, 5.41) is 10.3. The molecule has 0 radical (unpaired) electrons. The Hall–Kier alpha value is -2.38. The number of sulfonamides is 1. The molecule has 0 aliphatic carbocycles. The molecular weight excluding hydrogens is 445 g/mol. The maximum Gasteiger partial charge on any atom is 0.434 e. The molecule has 1 saturated heterocycles. The van der Waals surface area contributed by atoms with Crippen molar-refractivity contribution in [1.29, 1.82) is 0 Å². The average molecular weight is 462 g/mol. The minimum Gasteiger partial charge on any atom is -0.465 e. The molecule has 0 atom stereocenters. The first-order chi connectivity index (χ1) is 14.1. The molecule has 0 bridgehead atoms. The van der Waals surface area contributed by atoms with Crippen molar-refractivity contribution in [1.82, 2.24) is 9.29 Å². The zero-order chi connectivity index (χ0) is 21.7. The van der Waals surface area contributed by atoms with E-state index < -0.39 is 28.0 Å². The van der Waals surface area contributed by atoms with Crippen molar-refractivity contribution >= 4 is 38.3 Å². The number of nitrogens with zero attached hydrogens (tertiary/aromatic N) is 4. The quantitative estimate of drug-likeness (QED) is 0.754. The summed E-state index contributed by atoms with van der Waals surface area (Å²) in [5.74, 6) is 0. The predicted molar refractivity (Wildman–Crippen MR) is 104 cm³/mol. The van der Waals surface area contributed by atoms with E-state index in [2.05, 4.69) is 4.98 Å². The standard InChI is InChI=1S/C17H17F3N4O4S2/c18-17(19,20)14-10-29-15(21-14)22-5-7-23(8-6-22)30(27,28)12-1-2-13-11(9-12)3-4-24(13)16(25)26/h1-2,9-10H,3-8H2,(H,25,26). The second-order valence-corrected chi connectivity index (χ2v) is 9.65. The first kappa shape index (κ1) is 20.9. The molecular formula is C17H17F3N4O4S2. The van der Waals surface area contributed by atoms with Gasteiger partial charge in [0.1, 0.15) is 0 Å². The number of carboxylic acid groups (broad SMARTS) is 1. The van der Waals surface area contributed by atoms with Gasteiger partial charge in [-0.05, 0) is 30.2 Å². The molecule has 1 N–H and O–H groups in total. The Kier molecular flexibility index (Phi) is 5.14. The summed E-state index contributed by atoms with van der Waals surface area (Å²) in [4.78, 5) is 17.7. The Bertz CT molecular complexity index is 1080. The zero-order valence-corrected chi connectivity index (χ0v) is 17.1. The monoisotopic (exact) mass is 462 g/mol. The van der Waals surface area contributed by atoms with Crippen LogP contribution in [-0.2, 0) is 22.6 Å². The Labute approximate surface area is 174 Å². The van der Waals surface area contributed by atoms with Crippen molar-refractivity contribution in [2.24, 2.45) is 0 Å². The average Bonchev–Trinajstić information content (AvgIpc) is 3.35. The molecule has 2 aromatic rings. The molecule has 4 rings (SSSR count). The number of benzene rings is 1. The van der Waals surface area contributed by atoms with Gasteiger partial charge >= 0.3 is 12.3 Å². The molecule has 2 aliphatic heterocycles. The van der Waals surface area contributed by atoms with Gasteiger partial charge in [0, 0.05) is 38.1 Å². The van der Waals surface area contributed by atoms with E-state index in [0.29, 0.717) is 17.7 Å². The van der Waals surface area contributed by atoms with E-state index in [0.717, 1.165) is 16.7 Å². The topological polar surface area (TPSA) is 94.0 Å². The molecule has 0 spiro atoms. The summed E-state index contributed by atoms with van der Waals surface area (Å²) < 4.78 is 65.5. The molecule has 3 heterocycles. The highest BCUT2D eigenvalue weighted by Crippen LogP contribution is 2.34. The van der Waals surface area contributed by atoms with Crippen LogP contribution < -0.4 is 9.80 Å². The lowest BCUT2D eigenvalue weighted by Crippen LogP contribution is -2.48. The highest BCUT2D eigenvalue weighted by molar-refractivity contribution is 7.89. The number of halogens is 3. The summed E-state index contributed by atoms with van der Waals surface area (Å²) in [5.41, 5.74) is 0.182. The summed E-state index contributed by atoms with van der Waals surface area (Å²) >= 11 is 0.878. The summed E-state index contributed by atoms with van der Waals surface area (Å²) in [6, 6.07) is 4.38. The number of piperazine rings is 1. The van der Waals surface area contributed by atoms with Crippen LogP contribution in [0.3, 0.4) is 0 Å². The molecule has 162 valence electrons. The number of hydrogen-bond acceptors (Lipinski definition) is 6. The van der Waals surface area contributed by atoms with Crippen LogP contribution in [0.1, 0.15) is 11.3 Å². The number of anilines is 2. The van der Waals surface area contributed by atoms with Gasteiger partial charge in [-0.25, -0.2) is 18.2 Å². The molecule has 1 amide bonds. The molecule has 0 unspecified atom stereocenters. The number of rotatable bonds is 3. The Morgan fingerprint density at radius 1 is 1.13 bits per heavy atom. The van der Waals surface area contributed by atoms with Gasteiger partial charge in [0.05, 0.1) is 10.6 Å². The van der Waals surface area contributed by atoms with Crippen molar-refractivity contribution in [3.8, 4) is 0 Å². The molecule has 1 aromatic heterocycles. The molecule has 8 nitrogen and oxygen atoms in total. The van der Waals surface area contributed by atoms with Crippen LogP contribution in [0.25, 0.3) is 0 Å². The lowest BCUT2D eigenvalue weighted by molar-refractivity contribution is -0.140. The van der Waals surface area contributed by atoms with Crippen LogP contribution in [0.2, 0.25) is 0 Å². The van der Waals surface area contributed by atoms with E-state index in [1.165, 1.54) is 27.4 Å². The lowest BCUT2D eigenvalue weighted by Gasteiger charge is -2.33. The zero-order valence-electron chi connectivity index (χ0n) is 15.5. The predicted octanol–water partition coefficient (Wildman–Crippen LogP) is 2.71. The highest BCUT2D eigenvalue weighted by Gasteiger charge is 2.36. The van der Waals surface area contributed by atoms with E-state index in [1.54, 1.807) is 4.90 Å². The van der Waals surface area contributed by atoms with Crippen LogP contribution in [-0.4, -0.2) is 61.6 Å². The third kappa shape index (κ3) is 3.72. The lowest BCUT2D eigenvalue weighted by atomic mass is 10.2. The normalized spacial score (nSPS) is 18.0. The fourth-order valence-electron chi connectivity index (χ4n) is 3.55. The van der Waals surface area contributed by atoms with Gasteiger partial charge in [0.25, 0.3) is 0 Å². The van der Waals surface area contributed by atoms with Gasteiger partial charge in [-0.1, -0.05) is 0 Å². The Morgan fingerprint density at radius 2 is 1.83 bits per heavy atom. The Morgan fingerprint density at radius 3 is 2.43 bits per heavy atom. The maximum atomic E-state index is 13.0. The number of hydrogen-bond donors (Lipinski definition) is 1. The minimum absolute atomic E-state index is 0.0792. The summed E-state index contributed by atoms with van der Waals surface area (Å²) in [6.07, 6.45) is -5.16. The Balaban J connectivity index is 1.47. The van der Waals surface area contributed by atoms with Gasteiger partial charge in [0.15, 0.2) is 10.8 Å². The van der Waals surface area contributed by atoms with Gasteiger partial charge in [0.2, 0.25) is 10.0 Å². The molecule has 1 aromatic carbocycles. The van der Waals surface area contributed by atoms with E-state index in [1.807, 2.05) is 0 Å². The van der Waals surface area contributed by atoms with Crippen LogP contribution in [0.15, 0.2) is 28.5 Å². The second kappa shape index (κ2) is 7.39. The van der Waals surface area contributed by atoms with E-state index in [4.69, 9.17) is 0 Å². The molecule has 2 aliphatic rings. The fourth-order valence-corrected chi connectivity index (χ4v) is 5.91. The van der Waals surface area contributed by atoms with Crippen molar-refractivity contribution in [2.75, 3.05) is 42.5 Å². The van der Waals surface area contributed by atoms with Crippen molar-refractivity contribution in [3.05, 3.63) is 34.8 Å². The largest absolute Gasteiger partial charge is 0.465 e. The number of thiazole rings is 1. The number of carbonyl (C=O) groups is 1. The van der Waals surface area contributed by atoms with Crippen LogP contribution in [0, 0.1) is 0 Å². The second-order valence-electron chi connectivity index (χ2n) is 6.88. The number of amides is 1. The highest BCUT2D eigenvalue weighted by atomic mass is 32.2. The number of alkyl halides is 3. The van der Waals surface area contributed by atoms with Gasteiger partial charge in [-0.15, -0.1) is 11.3 Å². The van der Waals surface area contributed by atoms with E-state index in [-0.39, 0.29) is 42.8 Å². The van der Waals surface area contributed by atoms with Crippen LogP contribution in [0.5, 0.6) is 0 Å². The van der Waals surface area contributed by atoms with E-state index >= 15 is 0 Å². The van der Waals surface area contributed by atoms with Gasteiger partial charge < -0.3 is 10.0 Å². The smallest absolute Gasteiger partial charge is 0.434 e. The SMILES string of the molecule is O=C(O)N1CCc2cc(S(=O)(=O)N3CCN(c4nc(C(F)(F)F)cs4)CC3)ccc21. The summed E-state index contributed by atoms with van der Waals surface area (Å²) in [7, 11) is -3.80. The van der Waals surface area contributed by atoms with Crippen molar-refractivity contribution < 1.29 is 31.5 Å². The first-order valence-electron chi connectivity index (χ1n) is 8.98. The first-order valence-corrected chi connectivity index (χ1v) is 11.3. The third-order valence-corrected chi connectivity index (χ3v) is 7.90. The third-order valence-electron chi connectivity index (χ3n) is 5.11.